The molecular formula is C15H12ClNO3S2. The molecule has 3 rings (SSSR count). The van der Waals surface area contributed by atoms with Gasteiger partial charge < -0.3 is 4.42 Å². The molecule has 3 aromatic rings. The third kappa shape index (κ3) is 3.25. The summed E-state index contributed by atoms with van der Waals surface area (Å²) in [6.45, 7) is 0.207. The van der Waals surface area contributed by atoms with Crippen LogP contribution in [0.3, 0.4) is 0 Å². The smallest absolute Gasteiger partial charge is 0.242 e. The van der Waals surface area contributed by atoms with Crippen molar-refractivity contribution >= 4 is 33.0 Å². The molecule has 0 saturated heterocycles. The van der Waals surface area contributed by atoms with Gasteiger partial charge in [-0.1, -0.05) is 23.7 Å². The van der Waals surface area contributed by atoms with Crippen LogP contribution >= 0.6 is 22.9 Å². The van der Waals surface area contributed by atoms with Crippen LogP contribution < -0.4 is 4.72 Å². The van der Waals surface area contributed by atoms with E-state index in [0.29, 0.717) is 0 Å². The first-order valence-electron chi connectivity index (χ1n) is 6.42. The largest absolute Gasteiger partial charge is 0.464 e. The molecule has 0 aliphatic heterocycles. The number of hydrogen-bond acceptors (Lipinski definition) is 4. The van der Waals surface area contributed by atoms with Crippen LogP contribution in [-0.4, -0.2) is 8.42 Å². The fourth-order valence-electron chi connectivity index (χ4n) is 1.95. The van der Waals surface area contributed by atoms with Crippen LogP contribution in [0.1, 0.15) is 4.88 Å². The SMILES string of the molecule is O=S(=O)(NCc1cc(-c2ccco2)cs1)c1ccccc1Cl. The van der Waals surface area contributed by atoms with Crippen LogP contribution in [0, 0.1) is 0 Å². The summed E-state index contributed by atoms with van der Waals surface area (Å²) in [4.78, 5) is 0.974. The van der Waals surface area contributed by atoms with E-state index in [4.69, 9.17) is 16.0 Å². The maximum Gasteiger partial charge on any atom is 0.242 e. The molecule has 22 heavy (non-hydrogen) atoms. The van der Waals surface area contributed by atoms with Crippen molar-refractivity contribution in [3.63, 3.8) is 0 Å². The second-order valence-electron chi connectivity index (χ2n) is 4.53. The molecule has 2 aromatic heterocycles. The van der Waals surface area contributed by atoms with Gasteiger partial charge in [0.1, 0.15) is 10.7 Å². The van der Waals surface area contributed by atoms with Crippen molar-refractivity contribution in [3.8, 4) is 11.3 Å². The summed E-state index contributed by atoms with van der Waals surface area (Å²) in [5.74, 6) is 0.761. The van der Waals surface area contributed by atoms with E-state index in [-0.39, 0.29) is 16.5 Å². The number of benzene rings is 1. The number of hydrogen-bond donors (Lipinski definition) is 1. The van der Waals surface area contributed by atoms with E-state index in [9.17, 15) is 8.42 Å². The molecule has 0 aliphatic carbocycles. The average molecular weight is 354 g/mol. The molecule has 0 unspecified atom stereocenters. The minimum atomic E-state index is -3.63. The highest BCUT2D eigenvalue weighted by Gasteiger charge is 2.17. The first-order valence-corrected chi connectivity index (χ1v) is 9.16. The van der Waals surface area contributed by atoms with Crippen molar-refractivity contribution in [2.45, 2.75) is 11.4 Å². The summed E-state index contributed by atoms with van der Waals surface area (Å²) in [6, 6.07) is 11.9. The van der Waals surface area contributed by atoms with E-state index in [1.54, 1.807) is 24.5 Å². The molecule has 0 atom stereocenters. The van der Waals surface area contributed by atoms with Crippen LogP contribution in [0.4, 0.5) is 0 Å². The Kier molecular flexibility index (Phi) is 4.35. The zero-order chi connectivity index (χ0) is 15.6. The lowest BCUT2D eigenvalue weighted by Crippen LogP contribution is -2.23. The molecule has 0 amide bonds. The highest BCUT2D eigenvalue weighted by Crippen LogP contribution is 2.26. The van der Waals surface area contributed by atoms with Crippen molar-refractivity contribution in [3.05, 3.63) is 64.0 Å². The van der Waals surface area contributed by atoms with E-state index < -0.39 is 10.0 Å². The predicted molar refractivity (Wildman–Crippen MR) is 87.5 cm³/mol. The molecule has 0 saturated carbocycles. The number of halogens is 1. The Morgan fingerprint density at radius 3 is 2.73 bits per heavy atom. The number of furan rings is 1. The van der Waals surface area contributed by atoms with E-state index in [0.717, 1.165) is 16.2 Å². The first-order chi connectivity index (χ1) is 10.6. The number of nitrogens with one attached hydrogen (secondary N) is 1. The Hall–Kier alpha value is -1.60. The maximum atomic E-state index is 12.3. The van der Waals surface area contributed by atoms with Crippen LogP contribution in [0.25, 0.3) is 11.3 Å². The normalized spacial score (nSPS) is 11.7. The lowest BCUT2D eigenvalue weighted by Gasteiger charge is -2.06. The molecule has 114 valence electrons. The summed E-state index contributed by atoms with van der Waals surface area (Å²) in [7, 11) is -3.63. The first kappa shape index (κ1) is 15.3. The van der Waals surface area contributed by atoms with Crippen molar-refractivity contribution in [2.75, 3.05) is 0 Å². The number of sulfonamides is 1. The van der Waals surface area contributed by atoms with Crippen LogP contribution in [0.15, 0.2) is 63.4 Å². The van der Waals surface area contributed by atoms with Gasteiger partial charge in [-0.2, -0.15) is 0 Å². The minimum Gasteiger partial charge on any atom is -0.464 e. The lowest BCUT2D eigenvalue weighted by atomic mass is 10.2. The summed E-state index contributed by atoms with van der Waals surface area (Å²) < 4.78 is 32.4. The van der Waals surface area contributed by atoms with Crippen LogP contribution in [0.2, 0.25) is 5.02 Å². The van der Waals surface area contributed by atoms with Crippen molar-refractivity contribution in [1.82, 2.24) is 4.72 Å². The molecule has 2 heterocycles. The second-order valence-corrected chi connectivity index (χ2v) is 7.67. The summed E-state index contributed by atoms with van der Waals surface area (Å²) in [5.41, 5.74) is 0.932. The maximum absolute atomic E-state index is 12.3. The molecule has 0 spiro atoms. The number of thiophene rings is 1. The Balaban J connectivity index is 1.74. The molecule has 1 N–H and O–H groups in total. The fourth-order valence-corrected chi connectivity index (χ4v) is 4.38. The molecule has 1 aromatic carbocycles. The van der Waals surface area contributed by atoms with E-state index in [1.807, 2.05) is 23.6 Å². The van der Waals surface area contributed by atoms with Gasteiger partial charge in [-0.25, -0.2) is 13.1 Å². The third-order valence-electron chi connectivity index (χ3n) is 3.02. The van der Waals surface area contributed by atoms with Gasteiger partial charge in [-0.15, -0.1) is 11.3 Å². The molecule has 7 heteroatoms. The monoisotopic (exact) mass is 353 g/mol. The molecule has 0 radical (unpaired) electrons. The van der Waals surface area contributed by atoms with Gasteiger partial charge in [0.2, 0.25) is 10.0 Å². The van der Waals surface area contributed by atoms with E-state index in [2.05, 4.69) is 4.72 Å². The molecule has 4 nitrogen and oxygen atoms in total. The minimum absolute atomic E-state index is 0.0829. The van der Waals surface area contributed by atoms with Gasteiger partial charge in [0.05, 0.1) is 11.3 Å². The van der Waals surface area contributed by atoms with Crippen LogP contribution in [-0.2, 0) is 16.6 Å². The quantitative estimate of drug-likeness (QED) is 0.749. The number of rotatable bonds is 5. The van der Waals surface area contributed by atoms with Gasteiger partial charge >= 0.3 is 0 Å². The van der Waals surface area contributed by atoms with Crippen molar-refractivity contribution in [1.29, 1.82) is 0 Å². The topological polar surface area (TPSA) is 59.3 Å². The third-order valence-corrected chi connectivity index (χ3v) is 5.86. The van der Waals surface area contributed by atoms with E-state index in [1.165, 1.54) is 17.4 Å². The van der Waals surface area contributed by atoms with E-state index >= 15 is 0 Å². The highest BCUT2D eigenvalue weighted by atomic mass is 35.5. The molecular weight excluding hydrogens is 342 g/mol. The van der Waals surface area contributed by atoms with Crippen LogP contribution in [0.5, 0.6) is 0 Å². The van der Waals surface area contributed by atoms with Gasteiger partial charge in [0.15, 0.2) is 0 Å². The van der Waals surface area contributed by atoms with Crippen molar-refractivity contribution < 1.29 is 12.8 Å². The highest BCUT2D eigenvalue weighted by molar-refractivity contribution is 7.89. The molecule has 0 aliphatic rings. The Bertz CT molecular complexity index is 870. The molecule has 0 bridgehead atoms. The van der Waals surface area contributed by atoms with Gasteiger partial charge in [0, 0.05) is 22.4 Å². The van der Waals surface area contributed by atoms with Gasteiger partial charge in [-0.3, -0.25) is 0 Å². The van der Waals surface area contributed by atoms with Gasteiger partial charge in [0.25, 0.3) is 0 Å². The fraction of sp³-hybridized carbons (Fsp3) is 0.0667. The predicted octanol–water partition coefficient (Wildman–Crippen LogP) is 4.14. The standard InChI is InChI=1S/C15H12ClNO3S2/c16-13-4-1-2-6-15(13)22(18,19)17-9-12-8-11(10-21-12)14-5-3-7-20-14/h1-8,10,17H,9H2. The average Bonchev–Trinajstić information content (AvgIpc) is 3.17. The summed E-state index contributed by atoms with van der Waals surface area (Å²) in [6.07, 6.45) is 1.60. The molecule has 0 fully saturated rings. The van der Waals surface area contributed by atoms with Gasteiger partial charge in [-0.05, 0) is 30.3 Å². The Labute approximate surface area is 137 Å². The Morgan fingerprint density at radius 1 is 1.18 bits per heavy atom. The Morgan fingerprint density at radius 2 is 2.00 bits per heavy atom. The second kappa shape index (κ2) is 6.26. The zero-order valence-electron chi connectivity index (χ0n) is 11.3. The van der Waals surface area contributed by atoms with Crippen molar-refractivity contribution in [2.24, 2.45) is 0 Å². The lowest BCUT2D eigenvalue weighted by molar-refractivity contribution is 0.582. The summed E-state index contributed by atoms with van der Waals surface area (Å²) in [5, 5.41) is 2.13. The zero-order valence-corrected chi connectivity index (χ0v) is 13.7. The summed E-state index contributed by atoms with van der Waals surface area (Å²) >= 11 is 7.40.